The highest BCUT2D eigenvalue weighted by atomic mass is 16.3. The van der Waals surface area contributed by atoms with Crippen LogP contribution in [0, 0.1) is 5.92 Å². The summed E-state index contributed by atoms with van der Waals surface area (Å²) in [7, 11) is 0. The van der Waals surface area contributed by atoms with Crippen molar-refractivity contribution in [3.8, 4) is 0 Å². The molecule has 3 N–H and O–H groups in total. The first kappa shape index (κ1) is 11.6. The lowest BCUT2D eigenvalue weighted by Crippen LogP contribution is -2.65. The van der Waals surface area contributed by atoms with Gasteiger partial charge in [0, 0.05) is 6.54 Å². The van der Waals surface area contributed by atoms with Gasteiger partial charge >= 0.3 is 0 Å². The zero-order valence-corrected chi connectivity index (χ0v) is 10.1. The SMILES string of the molecule is NCc1cn(CC(=O)N2CC(O)(C3CC3)C2)nn1. The fourth-order valence-corrected chi connectivity index (χ4v) is 2.42. The third-order valence-electron chi connectivity index (χ3n) is 3.71. The van der Waals surface area contributed by atoms with Gasteiger partial charge in [0.2, 0.25) is 5.91 Å². The number of carbonyl (C=O) groups excluding carboxylic acids is 1. The highest BCUT2D eigenvalue weighted by Gasteiger charge is 2.53. The molecule has 7 nitrogen and oxygen atoms in total. The molecule has 1 aliphatic carbocycles. The van der Waals surface area contributed by atoms with Gasteiger partial charge in [0.25, 0.3) is 0 Å². The minimum atomic E-state index is -0.625. The predicted octanol–water partition coefficient (Wildman–Crippen LogP) is -1.28. The number of rotatable bonds is 4. The fourth-order valence-electron chi connectivity index (χ4n) is 2.42. The average Bonchev–Trinajstić information content (AvgIpc) is 3.07. The Balaban J connectivity index is 1.53. The summed E-state index contributed by atoms with van der Waals surface area (Å²) in [6.45, 7) is 1.39. The number of β-amino-alcohol motifs (C(OH)–C–C–N with tert-alkyl or cyclic N) is 1. The standard InChI is InChI=1S/C11H17N5O2/c12-3-9-4-16(14-13-9)5-10(17)15-6-11(18,7-15)8-1-2-8/h4,8,18H,1-3,5-7,12H2. The summed E-state index contributed by atoms with van der Waals surface area (Å²) < 4.78 is 1.49. The maximum absolute atomic E-state index is 11.9. The summed E-state index contributed by atoms with van der Waals surface area (Å²) in [6, 6.07) is 0. The summed E-state index contributed by atoms with van der Waals surface area (Å²) in [6.07, 6.45) is 3.84. The van der Waals surface area contributed by atoms with Gasteiger partial charge in [0.1, 0.15) is 12.1 Å². The number of likely N-dealkylation sites (tertiary alicyclic amines) is 1. The normalized spacial score (nSPS) is 21.8. The van der Waals surface area contributed by atoms with Crippen LogP contribution in [-0.2, 0) is 17.9 Å². The van der Waals surface area contributed by atoms with Crippen molar-refractivity contribution in [3.63, 3.8) is 0 Å². The lowest BCUT2D eigenvalue weighted by atomic mass is 9.89. The summed E-state index contributed by atoms with van der Waals surface area (Å²) in [4.78, 5) is 13.6. The van der Waals surface area contributed by atoms with E-state index in [0.717, 1.165) is 12.8 Å². The van der Waals surface area contributed by atoms with E-state index in [2.05, 4.69) is 10.3 Å². The van der Waals surface area contributed by atoms with Crippen molar-refractivity contribution in [2.45, 2.75) is 31.5 Å². The van der Waals surface area contributed by atoms with Gasteiger partial charge in [-0.15, -0.1) is 5.10 Å². The highest BCUT2D eigenvalue weighted by Crippen LogP contribution is 2.44. The second kappa shape index (κ2) is 4.03. The van der Waals surface area contributed by atoms with Crippen molar-refractivity contribution in [2.75, 3.05) is 13.1 Å². The minimum absolute atomic E-state index is 0.0335. The van der Waals surface area contributed by atoms with E-state index in [4.69, 9.17) is 5.73 Å². The van der Waals surface area contributed by atoms with E-state index in [1.54, 1.807) is 11.1 Å². The Morgan fingerprint density at radius 1 is 1.56 bits per heavy atom. The van der Waals surface area contributed by atoms with Crippen molar-refractivity contribution in [1.82, 2.24) is 19.9 Å². The van der Waals surface area contributed by atoms with Gasteiger partial charge in [-0.2, -0.15) is 0 Å². The molecule has 1 saturated carbocycles. The number of aromatic nitrogens is 3. The van der Waals surface area contributed by atoms with Crippen LogP contribution in [0.1, 0.15) is 18.5 Å². The van der Waals surface area contributed by atoms with Crippen LogP contribution >= 0.6 is 0 Å². The number of carbonyl (C=O) groups is 1. The number of aliphatic hydroxyl groups is 1. The van der Waals surface area contributed by atoms with Gasteiger partial charge in [-0.05, 0) is 18.8 Å². The van der Waals surface area contributed by atoms with E-state index in [-0.39, 0.29) is 12.5 Å². The van der Waals surface area contributed by atoms with E-state index in [1.165, 1.54) is 4.68 Å². The molecule has 1 aliphatic heterocycles. The molecule has 0 spiro atoms. The molecule has 98 valence electrons. The van der Waals surface area contributed by atoms with Gasteiger partial charge in [-0.25, -0.2) is 4.68 Å². The van der Waals surface area contributed by atoms with Crippen LogP contribution in [0.25, 0.3) is 0 Å². The highest BCUT2D eigenvalue weighted by molar-refractivity contribution is 5.77. The molecule has 1 aromatic rings. The predicted molar refractivity (Wildman–Crippen MR) is 62.2 cm³/mol. The number of amides is 1. The topological polar surface area (TPSA) is 97.3 Å². The molecule has 0 radical (unpaired) electrons. The molecule has 2 aliphatic rings. The first-order valence-electron chi connectivity index (χ1n) is 6.20. The van der Waals surface area contributed by atoms with Crippen molar-refractivity contribution in [3.05, 3.63) is 11.9 Å². The second-order valence-corrected chi connectivity index (χ2v) is 5.24. The molecule has 18 heavy (non-hydrogen) atoms. The van der Waals surface area contributed by atoms with Crippen LogP contribution in [0.3, 0.4) is 0 Å². The molecule has 2 fully saturated rings. The lowest BCUT2D eigenvalue weighted by molar-refractivity contribution is -0.160. The van der Waals surface area contributed by atoms with Crippen LogP contribution in [0.2, 0.25) is 0 Å². The molecule has 0 aromatic carbocycles. The molecule has 7 heteroatoms. The fraction of sp³-hybridized carbons (Fsp3) is 0.727. The summed E-state index contributed by atoms with van der Waals surface area (Å²) >= 11 is 0. The van der Waals surface area contributed by atoms with E-state index < -0.39 is 5.60 Å². The Morgan fingerprint density at radius 2 is 2.28 bits per heavy atom. The molecule has 2 heterocycles. The van der Waals surface area contributed by atoms with Gasteiger partial charge in [-0.1, -0.05) is 5.21 Å². The van der Waals surface area contributed by atoms with Crippen LogP contribution in [0.5, 0.6) is 0 Å². The minimum Gasteiger partial charge on any atom is -0.386 e. The summed E-state index contributed by atoms with van der Waals surface area (Å²) in [5.74, 6) is 0.366. The van der Waals surface area contributed by atoms with Crippen LogP contribution in [-0.4, -0.2) is 49.6 Å². The Hall–Kier alpha value is -1.47. The van der Waals surface area contributed by atoms with Gasteiger partial charge < -0.3 is 15.7 Å². The van der Waals surface area contributed by atoms with E-state index >= 15 is 0 Å². The number of nitrogens with zero attached hydrogens (tertiary/aromatic N) is 4. The molecular weight excluding hydrogens is 234 g/mol. The Morgan fingerprint density at radius 3 is 2.83 bits per heavy atom. The number of hydrogen-bond donors (Lipinski definition) is 2. The first-order valence-corrected chi connectivity index (χ1v) is 6.20. The van der Waals surface area contributed by atoms with Crippen molar-refractivity contribution in [2.24, 2.45) is 11.7 Å². The average molecular weight is 251 g/mol. The molecule has 1 aromatic heterocycles. The summed E-state index contributed by atoms with van der Waals surface area (Å²) in [5, 5.41) is 17.8. The Kier molecular flexibility index (Phi) is 2.60. The third-order valence-corrected chi connectivity index (χ3v) is 3.71. The maximum atomic E-state index is 11.9. The molecule has 1 amide bonds. The maximum Gasteiger partial charge on any atom is 0.244 e. The third kappa shape index (κ3) is 1.99. The van der Waals surface area contributed by atoms with E-state index in [9.17, 15) is 9.90 Å². The van der Waals surface area contributed by atoms with Gasteiger partial charge in [0.15, 0.2) is 0 Å². The van der Waals surface area contributed by atoms with Gasteiger partial charge in [-0.3, -0.25) is 4.79 Å². The molecule has 3 rings (SSSR count). The number of hydrogen-bond acceptors (Lipinski definition) is 5. The molecule has 0 bridgehead atoms. The zero-order chi connectivity index (χ0) is 12.8. The van der Waals surface area contributed by atoms with Crippen molar-refractivity contribution >= 4 is 5.91 Å². The first-order chi connectivity index (χ1) is 8.60. The van der Waals surface area contributed by atoms with Gasteiger partial charge in [0.05, 0.1) is 25.0 Å². The number of nitrogens with two attached hydrogens (primary N) is 1. The molecule has 1 saturated heterocycles. The van der Waals surface area contributed by atoms with Crippen molar-refractivity contribution in [1.29, 1.82) is 0 Å². The van der Waals surface area contributed by atoms with E-state index in [0.29, 0.717) is 31.2 Å². The van der Waals surface area contributed by atoms with Crippen LogP contribution in [0.15, 0.2) is 6.20 Å². The smallest absolute Gasteiger partial charge is 0.244 e. The molecule has 0 atom stereocenters. The van der Waals surface area contributed by atoms with Crippen LogP contribution < -0.4 is 5.73 Å². The quantitative estimate of drug-likeness (QED) is 0.694. The van der Waals surface area contributed by atoms with E-state index in [1.807, 2.05) is 0 Å². The monoisotopic (exact) mass is 251 g/mol. The largest absolute Gasteiger partial charge is 0.386 e. The zero-order valence-electron chi connectivity index (χ0n) is 10.1. The lowest BCUT2D eigenvalue weighted by Gasteiger charge is -2.46. The summed E-state index contributed by atoms with van der Waals surface area (Å²) in [5.41, 5.74) is 5.47. The Bertz CT molecular complexity index is 462. The molecule has 0 unspecified atom stereocenters. The van der Waals surface area contributed by atoms with Crippen molar-refractivity contribution < 1.29 is 9.90 Å². The second-order valence-electron chi connectivity index (χ2n) is 5.24. The Labute approximate surface area is 105 Å². The molecular formula is C11H17N5O2. The van der Waals surface area contributed by atoms with Crippen LogP contribution in [0.4, 0.5) is 0 Å².